The predicted octanol–water partition coefficient (Wildman–Crippen LogP) is 8.85. The van der Waals surface area contributed by atoms with E-state index in [-0.39, 0.29) is 17.1 Å². The third-order valence-electron chi connectivity index (χ3n) is 13.4. The number of anilines is 1. The molecule has 1 saturated heterocycles. The average Bonchev–Trinajstić information content (AvgIpc) is 4.05. The molecule has 0 bridgehead atoms. The van der Waals surface area contributed by atoms with E-state index in [0.717, 1.165) is 27.8 Å². The van der Waals surface area contributed by atoms with Gasteiger partial charge in [0, 0.05) is 30.0 Å². The van der Waals surface area contributed by atoms with Crippen molar-refractivity contribution in [2.45, 2.75) is 80.8 Å². The molecule has 2 amide bonds. The molecule has 7 aromatic rings. The maximum Gasteiger partial charge on any atom is 0.356 e. The van der Waals surface area contributed by atoms with Crippen molar-refractivity contribution in [1.29, 1.82) is 0 Å². The molecule has 74 heavy (non-hydrogen) atoms. The van der Waals surface area contributed by atoms with Crippen molar-refractivity contribution in [3.8, 4) is 0 Å². The van der Waals surface area contributed by atoms with Crippen LogP contribution in [0.3, 0.4) is 0 Å². The molecule has 14 nitrogen and oxygen atoms in total. The monoisotopic (exact) mass is 1030 g/mol. The zero-order valence-corrected chi connectivity index (χ0v) is 43.1. The maximum atomic E-state index is 15.0. The number of benzene rings is 5. The number of hydrogen-bond donors (Lipinski definition) is 2. The predicted molar refractivity (Wildman–Crippen MR) is 283 cm³/mol. The van der Waals surface area contributed by atoms with Gasteiger partial charge in [-0.3, -0.25) is 14.5 Å². The summed E-state index contributed by atoms with van der Waals surface area (Å²) in [7, 11) is 1.90. The van der Waals surface area contributed by atoms with Gasteiger partial charge in [0.15, 0.2) is 30.2 Å². The Morgan fingerprint density at radius 2 is 1.36 bits per heavy atom. The Morgan fingerprint density at radius 3 is 1.86 bits per heavy atom. The number of thioether (sulfide) groups is 1. The summed E-state index contributed by atoms with van der Waals surface area (Å²) in [6.45, 7) is 5.64. The SMILES string of the molecule is C[n+]1cccn1CC1=C(C(=O)OC(c2ccccc2)c2ccccc2)N2C(=O)[C@@H](NC(=O)/C(=N\OC3(C(=O)OC(C)(C)C)CCC3)c3csc(NC(c4ccccc4)(c4ccccc4)c4ccccc4)n3)[C@H]2SC1. The van der Waals surface area contributed by atoms with E-state index in [2.05, 4.69) is 52.2 Å². The maximum absolute atomic E-state index is 15.0. The summed E-state index contributed by atoms with van der Waals surface area (Å²) in [5.74, 6) is -2.15. The summed E-state index contributed by atoms with van der Waals surface area (Å²) in [6.07, 6.45) is 4.37. The molecule has 1 aliphatic carbocycles. The molecule has 0 radical (unpaired) electrons. The van der Waals surface area contributed by atoms with Crippen molar-refractivity contribution in [2.24, 2.45) is 12.2 Å². The molecule has 16 heteroatoms. The summed E-state index contributed by atoms with van der Waals surface area (Å²) in [5.41, 5.74) is 1.93. The summed E-state index contributed by atoms with van der Waals surface area (Å²) in [4.78, 5) is 70.7. The van der Waals surface area contributed by atoms with E-state index < -0.39 is 58.0 Å². The highest BCUT2D eigenvalue weighted by molar-refractivity contribution is 8.00. The standard InChI is InChI=1S/C58H55N7O7S2/c1-56(2,3)71-54(69)57(32-20-33-57)72-62-46(45-38-74-55(59-45)61-58(42-26-14-7-15-27-42,43-28-16-8-17-29-43)44-30-18-9-19-31-44)50(66)60-47-51(67)65-48(41(37-73-52(47)65)36-64-35-21-34-63(64)4)53(68)70-49(39-22-10-5-11-23-39)40-24-12-6-13-25-40/h5-19,21-31,34-35,38,47,49,52H,20,32-33,36-37H2,1-4H3,(H-,59,60,61,66)/p+1/b62-46-/t47-,52-/m1/s1. The number of aromatic nitrogens is 3. The van der Waals surface area contributed by atoms with E-state index in [4.69, 9.17) is 19.3 Å². The molecule has 1 saturated carbocycles. The number of aryl methyl sites for hydroxylation is 1. The molecule has 0 spiro atoms. The highest BCUT2D eigenvalue weighted by Crippen LogP contribution is 2.44. The van der Waals surface area contributed by atoms with Gasteiger partial charge < -0.3 is 24.9 Å². The van der Waals surface area contributed by atoms with Crippen LogP contribution in [0, 0.1) is 0 Å². The van der Waals surface area contributed by atoms with Crippen molar-refractivity contribution in [3.63, 3.8) is 0 Å². The molecular formula is C58H56N7O7S2+. The van der Waals surface area contributed by atoms with Crippen LogP contribution in [0.2, 0.25) is 0 Å². The van der Waals surface area contributed by atoms with E-state index >= 15 is 0 Å². The lowest BCUT2D eigenvalue weighted by atomic mass is 9.77. The van der Waals surface area contributed by atoms with Gasteiger partial charge >= 0.3 is 11.9 Å². The number of ether oxygens (including phenoxy) is 2. The van der Waals surface area contributed by atoms with Crippen molar-refractivity contribution < 1.29 is 38.2 Å². The zero-order chi connectivity index (χ0) is 51.5. The van der Waals surface area contributed by atoms with Crippen LogP contribution in [0.15, 0.2) is 192 Å². The lowest BCUT2D eigenvalue weighted by Gasteiger charge is -2.49. The molecule has 4 heterocycles. The Labute approximate surface area is 438 Å². The molecule has 3 aliphatic rings. The topological polar surface area (TPSA) is 157 Å². The second-order valence-corrected chi connectivity index (χ2v) is 21.4. The third kappa shape index (κ3) is 9.98. The first-order chi connectivity index (χ1) is 35.8. The molecule has 5 aromatic carbocycles. The number of carbonyl (C=O) groups is 4. The number of nitrogens with zero attached hydrogens (tertiary/aromatic N) is 5. The molecule has 2 aromatic heterocycles. The number of nitrogens with one attached hydrogen (secondary N) is 2. The minimum atomic E-state index is -1.43. The van der Waals surface area contributed by atoms with Crippen molar-refractivity contribution in [2.75, 3.05) is 11.1 Å². The Kier molecular flexibility index (Phi) is 14.1. The number of thiazole rings is 1. The lowest BCUT2D eigenvalue weighted by Crippen LogP contribution is -2.71. The minimum absolute atomic E-state index is 0.130. The van der Waals surface area contributed by atoms with Crippen LogP contribution >= 0.6 is 23.1 Å². The lowest BCUT2D eigenvalue weighted by molar-refractivity contribution is -0.752. The van der Waals surface area contributed by atoms with Crippen LogP contribution in [0.1, 0.15) is 79.6 Å². The number of fused-ring (bicyclic) bond motifs is 1. The minimum Gasteiger partial charge on any atom is -0.457 e. The van der Waals surface area contributed by atoms with Gasteiger partial charge in [-0.15, -0.1) is 27.8 Å². The van der Waals surface area contributed by atoms with E-state index in [1.54, 1.807) is 26.2 Å². The third-order valence-corrected chi connectivity index (χ3v) is 15.5. The van der Waals surface area contributed by atoms with Crippen LogP contribution in [-0.4, -0.2) is 72.4 Å². The molecule has 2 aliphatic heterocycles. The number of β-lactam (4-membered cyclic amide) rings is 1. The van der Waals surface area contributed by atoms with Gasteiger partial charge in [-0.1, -0.05) is 157 Å². The number of carbonyl (C=O) groups excluding carboxylic acids is 4. The molecule has 376 valence electrons. The molecule has 2 fully saturated rings. The number of hydrogen-bond acceptors (Lipinski definition) is 12. The second kappa shape index (κ2) is 21.0. The Hall–Kier alpha value is -7.82. The van der Waals surface area contributed by atoms with Crippen molar-refractivity contribution >= 4 is 57.7 Å². The smallest absolute Gasteiger partial charge is 0.356 e. The molecular weight excluding hydrogens is 971 g/mol. The van der Waals surface area contributed by atoms with Gasteiger partial charge in [-0.05, 0) is 60.6 Å². The van der Waals surface area contributed by atoms with E-state index in [1.807, 2.05) is 150 Å². The number of amides is 2. The Balaban J connectivity index is 0.984. The van der Waals surface area contributed by atoms with E-state index in [1.165, 1.54) is 28.0 Å². The van der Waals surface area contributed by atoms with Gasteiger partial charge in [0.2, 0.25) is 5.60 Å². The van der Waals surface area contributed by atoms with Gasteiger partial charge in [0.05, 0.1) is 6.20 Å². The largest absolute Gasteiger partial charge is 0.457 e. The molecule has 10 rings (SSSR count). The van der Waals surface area contributed by atoms with Gasteiger partial charge in [0.1, 0.15) is 40.5 Å². The summed E-state index contributed by atoms with van der Waals surface area (Å²) in [6, 6.07) is 49.9. The Morgan fingerprint density at radius 1 is 0.811 bits per heavy atom. The summed E-state index contributed by atoms with van der Waals surface area (Å²) in [5, 5.41) is 12.6. The van der Waals surface area contributed by atoms with Crippen LogP contribution in [0.5, 0.6) is 0 Å². The fourth-order valence-electron chi connectivity index (χ4n) is 9.48. The first kappa shape index (κ1) is 49.7. The summed E-state index contributed by atoms with van der Waals surface area (Å²) < 4.78 is 16.0. The quantitative estimate of drug-likeness (QED) is 0.0226. The van der Waals surface area contributed by atoms with Crippen LogP contribution in [0.25, 0.3) is 0 Å². The zero-order valence-electron chi connectivity index (χ0n) is 41.4. The van der Waals surface area contributed by atoms with Crippen LogP contribution in [-0.2, 0) is 52.6 Å². The van der Waals surface area contributed by atoms with Crippen molar-refractivity contribution in [1.82, 2.24) is 19.9 Å². The van der Waals surface area contributed by atoms with Crippen molar-refractivity contribution in [3.05, 3.63) is 220 Å². The van der Waals surface area contributed by atoms with Gasteiger partial charge in [0.25, 0.3) is 11.8 Å². The molecule has 0 unspecified atom stereocenters. The first-order valence-electron chi connectivity index (χ1n) is 24.5. The highest BCUT2D eigenvalue weighted by Gasteiger charge is 2.56. The summed E-state index contributed by atoms with van der Waals surface area (Å²) >= 11 is 2.70. The number of rotatable bonds is 17. The van der Waals surface area contributed by atoms with E-state index in [0.29, 0.717) is 42.3 Å². The molecule has 2 N–H and O–H groups in total. The number of esters is 2. The normalized spacial score (nSPS) is 17.4. The fourth-order valence-corrected chi connectivity index (χ4v) is 11.6. The highest BCUT2D eigenvalue weighted by atomic mass is 32.2. The molecule has 2 atom stereocenters. The van der Waals surface area contributed by atoms with Gasteiger partial charge in [-0.25, -0.2) is 14.6 Å². The second-order valence-electron chi connectivity index (χ2n) is 19.5. The fraction of sp³-hybridized carbons (Fsp3) is 0.259. The Bertz CT molecular complexity index is 3070. The van der Waals surface area contributed by atoms with Gasteiger partial charge in [-0.2, -0.15) is 4.68 Å². The van der Waals surface area contributed by atoms with Crippen LogP contribution in [0.4, 0.5) is 5.13 Å². The van der Waals surface area contributed by atoms with E-state index in [9.17, 15) is 19.2 Å². The van der Waals surface area contributed by atoms with Crippen LogP contribution < -0.4 is 15.3 Å². The first-order valence-corrected chi connectivity index (χ1v) is 26.5. The average molecular weight is 1030 g/mol. The number of oxime groups is 1.